The summed E-state index contributed by atoms with van der Waals surface area (Å²) in [5, 5.41) is 33.8. The fourth-order valence-corrected chi connectivity index (χ4v) is 6.34. The van der Waals surface area contributed by atoms with E-state index in [1.807, 2.05) is 0 Å². The molecule has 5 N–H and O–H groups in total. The van der Waals surface area contributed by atoms with Crippen LogP contribution in [0.4, 0.5) is 18.9 Å². The maximum absolute atomic E-state index is 13.9. The topological polar surface area (TPSA) is 188 Å². The van der Waals surface area contributed by atoms with Gasteiger partial charge in [-0.05, 0) is 50.6 Å². The summed E-state index contributed by atoms with van der Waals surface area (Å²) in [5.41, 5.74) is -5.03. The number of fused-ring (bicyclic) bond motifs is 3. The molecule has 16 heteroatoms. The highest BCUT2D eigenvalue weighted by atomic mass is 32.2. The third-order valence-electron chi connectivity index (χ3n) is 7.53. The molecule has 218 valence electrons. The number of alkyl halides is 3. The van der Waals surface area contributed by atoms with Crippen molar-refractivity contribution >= 4 is 39.0 Å². The number of aliphatic hydroxyl groups excluding tert-OH is 2. The molecule has 0 bridgehead atoms. The number of halogens is 3. The number of ketones is 2. The van der Waals surface area contributed by atoms with Crippen LogP contribution in [-0.4, -0.2) is 91.5 Å². The quantitative estimate of drug-likeness (QED) is 0.213. The number of likely N-dealkylation sites (N-methyl/N-ethyl adjacent to an activating group) is 1. The van der Waals surface area contributed by atoms with Crippen LogP contribution >= 0.6 is 0 Å². The number of aliphatic hydroxyl groups is 3. The number of hydrogen-bond donors (Lipinski definition) is 4. The van der Waals surface area contributed by atoms with Crippen LogP contribution in [0.3, 0.4) is 0 Å². The van der Waals surface area contributed by atoms with Crippen molar-refractivity contribution in [3.8, 4) is 5.75 Å². The van der Waals surface area contributed by atoms with Crippen LogP contribution in [0.5, 0.6) is 5.75 Å². The molecule has 3 aliphatic rings. The number of rotatable bonds is 5. The molecule has 0 saturated heterocycles. The first-order chi connectivity index (χ1) is 18.3. The van der Waals surface area contributed by atoms with Gasteiger partial charge in [0.05, 0.1) is 11.6 Å². The summed E-state index contributed by atoms with van der Waals surface area (Å²) in [5.74, 6) is -9.12. The normalized spacial score (nSPS) is 26.9. The lowest BCUT2D eigenvalue weighted by atomic mass is 9.57. The summed E-state index contributed by atoms with van der Waals surface area (Å²) >= 11 is 0. The van der Waals surface area contributed by atoms with Gasteiger partial charge in [-0.25, -0.2) is 0 Å². The van der Waals surface area contributed by atoms with E-state index in [0.717, 1.165) is 6.07 Å². The van der Waals surface area contributed by atoms with E-state index in [-0.39, 0.29) is 18.4 Å². The Balaban J connectivity index is 2.00. The van der Waals surface area contributed by atoms with Crippen LogP contribution < -0.4 is 14.8 Å². The van der Waals surface area contributed by atoms with Gasteiger partial charge in [-0.2, -0.15) is 21.6 Å². The Labute approximate surface area is 226 Å². The number of Topliss-reactive ketones (excluding diaryl/α,β-unsaturated/α-hetero) is 2. The Hall–Kier alpha value is -3.63. The Morgan fingerprint density at radius 3 is 2.25 bits per heavy atom. The zero-order chi connectivity index (χ0) is 30.3. The number of hydrogen-bond acceptors (Lipinski definition) is 11. The van der Waals surface area contributed by atoms with Crippen molar-refractivity contribution in [3.05, 3.63) is 40.2 Å². The largest absolute Gasteiger partial charge is 0.534 e. The average Bonchev–Trinajstić information content (AvgIpc) is 2.79. The van der Waals surface area contributed by atoms with Gasteiger partial charge in [-0.15, -0.1) is 0 Å². The van der Waals surface area contributed by atoms with Crippen LogP contribution in [0, 0.1) is 11.8 Å². The minimum Gasteiger partial charge on any atom is -0.508 e. The van der Waals surface area contributed by atoms with Gasteiger partial charge in [0.1, 0.15) is 17.1 Å². The second-order valence-corrected chi connectivity index (χ2v) is 11.8. The van der Waals surface area contributed by atoms with E-state index in [1.54, 1.807) is 19.0 Å². The number of carbonyl (C=O) groups excluding carboxylic acids is 3. The molecule has 3 aliphatic carbocycles. The van der Waals surface area contributed by atoms with Crippen LogP contribution in [0.1, 0.15) is 17.5 Å². The lowest BCUT2D eigenvalue weighted by Crippen LogP contribution is -2.65. The molecule has 0 spiro atoms. The summed E-state index contributed by atoms with van der Waals surface area (Å²) in [6.45, 7) is 0. The molecule has 12 nitrogen and oxygen atoms in total. The first-order valence-electron chi connectivity index (χ1n) is 11.8. The maximum atomic E-state index is 13.9. The van der Waals surface area contributed by atoms with Gasteiger partial charge in [0.25, 0.3) is 5.91 Å². The predicted molar refractivity (Wildman–Crippen MR) is 133 cm³/mol. The summed E-state index contributed by atoms with van der Waals surface area (Å²) in [4.78, 5) is 41.9. The standard InChI is InChI=1S/C24H26F3N3O9S/c1-29(2)12-5-6-13(39-40(37,38)24(25,26)27)15-10(12)7-9-8-11-17(30(3)4)19(32)16(22(28)35)21(34)23(11,36)20(33)14(9)18(15)31/h5-6,9,11,17,31,34,36H,7-8H2,1-4H3,(H2,28,35)/t9-,11-,17-,23-/m0/s1. The molecule has 1 saturated carbocycles. The maximum Gasteiger partial charge on any atom is 0.534 e. The summed E-state index contributed by atoms with van der Waals surface area (Å²) in [6.07, 6.45) is -0.351. The number of primary amides is 1. The van der Waals surface area contributed by atoms with Crippen molar-refractivity contribution in [3.63, 3.8) is 0 Å². The number of amides is 1. The minimum atomic E-state index is -6.19. The number of benzene rings is 1. The van der Waals surface area contributed by atoms with E-state index in [1.165, 1.54) is 25.1 Å². The highest BCUT2D eigenvalue weighted by Gasteiger charge is 2.64. The molecule has 0 heterocycles. The monoisotopic (exact) mass is 589 g/mol. The van der Waals surface area contributed by atoms with Crippen LogP contribution in [0.15, 0.2) is 29.0 Å². The predicted octanol–water partition coefficient (Wildman–Crippen LogP) is 0.553. The molecule has 0 aromatic heterocycles. The van der Waals surface area contributed by atoms with Crippen molar-refractivity contribution in [1.29, 1.82) is 0 Å². The van der Waals surface area contributed by atoms with Crippen molar-refractivity contribution in [1.82, 2.24) is 4.90 Å². The third kappa shape index (κ3) is 4.04. The Morgan fingerprint density at radius 1 is 1.15 bits per heavy atom. The molecular formula is C24H26F3N3O9S. The van der Waals surface area contributed by atoms with Gasteiger partial charge in [-0.1, -0.05) is 0 Å². The van der Waals surface area contributed by atoms with Crippen LogP contribution in [0.25, 0.3) is 5.76 Å². The highest BCUT2D eigenvalue weighted by Crippen LogP contribution is 2.54. The molecule has 1 amide bonds. The van der Waals surface area contributed by atoms with E-state index in [2.05, 4.69) is 4.18 Å². The van der Waals surface area contributed by atoms with Gasteiger partial charge in [-0.3, -0.25) is 19.3 Å². The van der Waals surface area contributed by atoms with Crippen molar-refractivity contribution in [2.75, 3.05) is 33.1 Å². The molecular weight excluding hydrogens is 563 g/mol. The lowest BCUT2D eigenvalue weighted by Gasteiger charge is -2.50. The highest BCUT2D eigenvalue weighted by molar-refractivity contribution is 7.88. The van der Waals surface area contributed by atoms with Crippen LogP contribution in [0.2, 0.25) is 0 Å². The van der Waals surface area contributed by atoms with Gasteiger partial charge >= 0.3 is 15.6 Å². The molecule has 4 atom stereocenters. The molecule has 0 radical (unpaired) electrons. The first kappa shape index (κ1) is 29.4. The summed E-state index contributed by atoms with van der Waals surface area (Å²) in [6, 6.07) is 0.862. The van der Waals surface area contributed by atoms with Crippen molar-refractivity contribution < 1.29 is 55.5 Å². The Morgan fingerprint density at radius 2 is 1.75 bits per heavy atom. The summed E-state index contributed by atoms with van der Waals surface area (Å²) in [7, 11) is -0.127. The minimum absolute atomic E-state index is 0.144. The van der Waals surface area contributed by atoms with Gasteiger partial charge < -0.3 is 30.1 Å². The molecule has 1 aromatic carbocycles. The SMILES string of the molecule is CN(C)c1ccc(OS(=O)(=O)C(F)(F)F)c2c1C[C@H]1C[C@H]3[C@H](N(C)C)C(=O)C(C(N)=O)=C(O)[C@@]3(O)C(=O)C1=C2O. The summed E-state index contributed by atoms with van der Waals surface area (Å²) < 4.78 is 67.3. The van der Waals surface area contributed by atoms with Gasteiger partial charge in [0.15, 0.2) is 17.1 Å². The fraction of sp³-hybridized carbons (Fsp3) is 0.458. The molecule has 0 unspecified atom stereocenters. The Kier molecular flexibility index (Phi) is 6.76. The lowest BCUT2D eigenvalue weighted by molar-refractivity contribution is -0.153. The van der Waals surface area contributed by atoms with E-state index >= 15 is 0 Å². The fourth-order valence-electron chi connectivity index (χ4n) is 5.87. The zero-order valence-corrected chi connectivity index (χ0v) is 22.4. The molecule has 1 aromatic rings. The number of nitrogens with two attached hydrogens (primary N) is 1. The molecule has 40 heavy (non-hydrogen) atoms. The van der Waals surface area contributed by atoms with Crippen molar-refractivity contribution in [2.24, 2.45) is 17.6 Å². The van der Waals surface area contributed by atoms with Gasteiger partial charge in [0.2, 0.25) is 5.78 Å². The van der Waals surface area contributed by atoms with Crippen LogP contribution in [-0.2, 0) is 30.9 Å². The molecule has 4 rings (SSSR count). The second kappa shape index (κ2) is 9.21. The zero-order valence-electron chi connectivity index (χ0n) is 21.6. The third-order valence-corrected chi connectivity index (χ3v) is 8.49. The van der Waals surface area contributed by atoms with E-state index in [0.29, 0.717) is 5.69 Å². The number of nitrogens with zero attached hydrogens (tertiary/aromatic N) is 2. The Bertz CT molecular complexity index is 1510. The van der Waals surface area contributed by atoms with Crippen molar-refractivity contribution in [2.45, 2.75) is 30.0 Å². The first-order valence-corrected chi connectivity index (χ1v) is 13.2. The van der Waals surface area contributed by atoms with E-state index in [9.17, 15) is 51.3 Å². The molecule has 1 fully saturated rings. The number of anilines is 1. The van der Waals surface area contributed by atoms with E-state index in [4.69, 9.17) is 5.73 Å². The number of carbonyl (C=O) groups is 3. The average molecular weight is 590 g/mol. The second-order valence-electron chi connectivity index (χ2n) is 10.3. The smallest absolute Gasteiger partial charge is 0.508 e. The van der Waals surface area contributed by atoms with E-state index < -0.39 is 90.6 Å². The van der Waals surface area contributed by atoms with Gasteiger partial charge in [0, 0.05) is 31.3 Å². The molecule has 0 aliphatic heterocycles.